The first-order valence-electron chi connectivity index (χ1n) is 12.1. The molecule has 0 saturated carbocycles. The van der Waals surface area contributed by atoms with E-state index in [4.69, 9.17) is 19.7 Å². The number of likely N-dealkylation sites (N-methyl/N-ethyl adjacent to an activating group) is 1. The van der Waals surface area contributed by atoms with Gasteiger partial charge in [0.25, 0.3) is 0 Å². The van der Waals surface area contributed by atoms with Crippen molar-refractivity contribution in [2.24, 2.45) is 0 Å². The number of ether oxygens (including phenoxy) is 3. The molecule has 2 heterocycles. The lowest BCUT2D eigenvalue weighted by Gasteiger charge is -2.61. The standard InChI is InChI=1S/C25H27NO12/c1-26-7-6-24-19-11-2-3-12(27)20(19)38-21(24)14(4-5-25(24,35)16(26)8-11)36-18(31)9-13(28)23(34)37-15(22(32)33)10-17(29)30/h2-4,13,15-16,21,27-28,35H,5-10H2,1H3,(H,29,30)(H,32,33)/t13?,15?,16-,21+,24+,25-/m1/s1. The number of esters is 2. The summed E-state index contributed by atoms with van der Waals surface area (Å²) in [4.78, 5) is 48.8. The summed E-state index contributed by atoms with van der Waals surface area (Å²) in [6.07, 6.45) is -4.40. The van der Waals surface area contributed by atoms with Gasteiger partial charge in [-0.2, -0.15) is 0 Å². The Morgan fingerprint density at radius 3 is 2.63 bits per heavy atom. The van der Waals surface area contributed by atoms with Gasteiger partial charge in [0.2, 0.25) is 6.10 Å². The minimum absolute atomic E-state index is 0.0567. The molecule has 6 atom stereocenters. The fraction of sp³-hybridized carbons (Fsp3) is 0.520. The zero-order valence-electron chi connectivity index (χ0n) is 20.3. The van der Waals surface area contributed by atoms with Gasteiger partial charge in [-0.05, 0) is 44.1 Å². The number of aromatic hydroxyl groups is 1. The number of carboxylic acid groups (broad SMARTS) is 2. The Morgan fingerprint density at radius 2 is 1.95 bits per heavy atom. The molecule has 1 saturated heterocycles. The number of carbonyl (C=O) groups is 4. The number of hydrogen-bond donors (Lipinski definition) is 5. The predicted molar refractivity (Wildman–Crippen MR) is 123 cm³/mol. The van der Waals surface area contributed by atoms with E-state index in [-0.39, 0.29) is 29.7 Å². The summed E-state index contributed by atoms with van der Waals surface area (Å²) >= 11 is 0. The maximum absolute atomic E-state index is 12.7. The largest absolute Gasteiger partial charge is 0.504 e. The van der Waals surface area contributed by atoms with Gasteiger partial charge in [-0.3, -0.25) is 9.59 Å². The van der Waals surface area contributed by atoms with E-state index in [1.54, 1.807) is 6.07 Å². The van der Waals surface area contributed by atoms with Gasteiger partial charge in [0.15, 0.2) is 23.7 Å². The highest BCUT2D eigenvalue weighted by atomic mass is 16.6. The Balaban J connectivity index is 1.36. The van der Waals surface area contributed by atoms with Crippen molar-refractivity contribution in [2.75, 3.05) is 13.6 Å². The van der Waals surface area contributed by atoms with Crippen LogP contribution in [0.5, 0.6) is 11.5 Å². The Hall–Kier alpha value is -3.68. The van der Waals surface area contributed by atoms with Crippen LogP contribution in [0.15, 0.2) is 24.0 Å². The van der Waals surface area contributed by atoms with E-state index < -0.39 is 66.0 Å². The van der Waals surface area contributed by atoms with Gasteiger partial charge in [-0.1, -0.05) is 6.07 Å². The zero-order valence-corrected chi connectivity index (χ0v) is 20.3. The third kappa shape index (κ3) is 3.72. The number of aliphatic carboxylic acids is 2. The van der Waals surface area contributed by atoms with Crippen molar-refractivity contribution < 1.29 is 58.9 Å². The van der Waals surface area contributed by atoms with E-state index in [1.807, 2.05) is 7.05 Å². The molecular formula is C25H27NO12. The molecule has 1 aromatic rings. The summed E-state index contributed by atoms with van der Waals surface area (Å²) in [5.41, 5.74) is -0.662. The SMILES string of the molecule is CN1CC[C@]23c4c5ccc(O)c4O[C@H]2C(OC(=O)CC(O)C(=O)OC(CC(=O)O)C(=O)O)=CC[C@@]3(O)[C@H]1C5. The van der Waals surface area contributed by atoms with Crippen LogP contribution in [0.2, 0.25) is 0 Å². The lowest BCUT2D eigenvalue weighted by atomic mass is 9.50. The molecule has 1 spiro atoms. The Labute approximate surface area is 215 Å². The summed E-state index contributed by atoms with van der Waals surface area (Å²) < 4.78 is 16.2. The normalized spacial score (nSPS) is 30.2. The first-order chi connectivity index (χ1) is 17.9. The molecule has 0 amide bonds. The maximum Gasteiger partial charge on any atom is 0.345 e. The van der Waals surface area contributed by atoms with Crippen LogP contribution < -0.4 is 4.74 Å². The zero-order chi connectivity index (χ0) is 27.6. The molecule has 0 radical (unpaired) electrons. The van der Waals surface area contributed by atoms with Gasteiger partial charge in [0.1, 0.15) is 5.76 Å². The summed E-state index contributed by atoms with van der Waals surface area (Å²) in [6.45, 7) is 0.619. The van der Waals surface area contributed by atoms with E-state index in [0.717, 1.165) is 5.56 Å². The average Bonchev–Trinajstić information content (AvgIpc) is 3.20. The fourth-order valence-electron chi connectivity index (χ4n) is 6.41. The van der Waals surface area contributed by atoms with Crippen LogP contribution in [-0.2, 0) is 40.5 Å². The fourth-order valence-corrected chi connectivity index (χ4v) is 6.41. The third-order valence-corrected chi connectivity index (χ3v) is 8.11. The lowest BCUT2D eigenvalue weighted by molar-refractivity contribution is -0.176. The second-order valence-electron chi connectivity index (χ2n) is 10.2. The number of carboxylic acids is 2. The number of rotatable bonds is 8. The van der Waals surface area contributed by atoms with Gasteiger partial charge < -0.3 is 44.6 Å². The van der Waals surface area contributed by atoms with Crippen LogP contribution in [0.4, 0.5) is 0 Å². The highest BCUT2D eigenvalue weighted by Crippen LogP contribution is 2.65. The van der Waals surface area contributed by atoms with Crippen LogP contribution in [0.3, 0.4) is 0 Å². The van der Waals surface area contributed by atoms with Gasteiger partial charge in [0.05, 0.1) is 23.9 Å². The molecule has 204 valence electrons. The number of hydrogen-bond acceptors (Lipinski definition) is 11. The maximum atomic E-state index is 12.7. The molecule has 1 aromatic carbocycles. The molecule has 5 N–H and O–H groups in total. The number of likely N-dealkylation sites (tertiary alicyclic amines) is 1. The minimum atomic E-state index is -2.11. The molecule has 2 aliphatic carbocycles. The highest BCUT2D eigenvalue weighted by molar-refractivity contribution is 5.86. The van der Waals surface area contributed by atoms with Crippen LogP contribution in [-0.4, -0.2) is 97.9 Å². The monoisotopic (exact) mass is 533 g/mol. The van der Waals surface area contributed by atoms with E-state index in [0.29, 0.717) is 24.9 Å². The number of benzene rings is 1. The van der Waals surface area contributed by atoms with Crippen LogP contribution in [0, 0.1) is 0 Å². The molecule has 13 heteroatoms. The van der Waals surface area contributed by atoms with Crippen molar-refractivity contribution in [3.8, 4) is 11.5 Å². The number of phenols is 1. The summed E-state index contributed by atoms with van der Waals surface area (Å²) in [5, 5.41) is 50.5. The molecule has 38 heavy (non-hydrogen) atoms. The quantitative estimate of drug-likeness (QED) is 0.266. The first-order valence-corrected chi connectivity index (χ1v) is 12.1. The van der Waals surface area contributed by atoms with Gasteiger partial charge in [-0.15, -0.1) is 0 Å². The lowest BCUT2D eigenvalue weighted by Crippen LogP contribution is -2.74. The third-order valence-electron chi connectivity index (χ3n) is 8.11. The molecule has 2 bridgehead atoms. The smallest absolute Gasteiger partial charge is 0.345 e. The van der Waals surface area contributed by atoms with Crippen LogP contribution in [0.1, 0.15) is 36.8 Å². The Kier molecular flexibility index (Phi) is 6.12. The van der Waals surface area contributed by atoms with E-state index in [2.05, 4.69) is 9.64 Å². The minimum Gasteiger partial charge on any atom is -0.504 e. The van der Waals surface area contributed by atoms with E-state index in [1.165, 1.54) is 12.1 Å². The second kappa shape index (κ2) is 8.96. The summed E-state index contributed by atoms with van der Waals surface area (Å²) in [7, 11) is 1.93. The highest BCUT2D eigenvalue weighted by Gasteiger charge is 2.72. The summed E-state index contributed by atoms with van der Waals surface area (Å²) in [6, 6.07) is 3.08. The number of phenolic OH excluding ortho intramolecular Hbond substituents is 1. The van der Waals surface area contributed by atoms with Crippen molar-refractivity contribution in [1.29, 1.82) is 0 Å². The van der Waals surface area contributed by atoms with Crippen molar-refractivity contribution in [3.63, 3.8) is 0 Å². The van der Waals surface area contributed by atoms with Crippen molar-refractivity contribution in [3.05, 3.63) is 35.1 Å². The van der Waals surface area contributed by atoms with Crippen molar-refractivity contribution in [1.82, 2.24) is 4.90 Å². The van der Waals surface area contributed by atoms with E-state index >= 15 is 0 Å². The van der Waals surface area contributed by atoms with Gasteiger partial charge in [-0.25, -0.2) is 9.59 Å². The second-order valence-corrected chi connectivity index (χ2v) is 10.2. The number of aliphatic hydroxyl groups excluding tert-OH is 1. The average molecular weight is 533 g/mol. The molecule has 13 nitrogen and oxygen atoms in total. The Bertz CT molecular complexity index is 1260. The van der Waals surface area contributed by atoms with Crippen LogP contribution in [0.25, 0.3) is 0 Å². The van der Waals surface area contributed by atoms with Crippen molar-refractivity contribution in [2.45, 2.75) is 67.5 Å². The molecular weight excluding hydrogens is 506 g/mol. The molecule has 2 aliphatic heterocycles. The number of carbonyl (C=O) groups excluding carboxylic acids is 2. The molecule has 2 unspecified atom stereocenters. The van der Waals surface area contributed by atoms with E-state index in [9.17, 15) is 34.5 Å². The van der Waals surface area contributed by atoms with Gasteiger partial charge in [0, 0.05) is 18.0 Å². The molecule has 5 rings (SSSR count). The van der Waals surface area contributed by atoms with Crippen LogP contribution >= 0.6 is 0 Å². The van der Waals surface area contributed by atoms with Gasteiger partial charge >= 0.3 is 23.9 Å². The summed E-state index contributed by atoms with van der Waals surface area (Å²) in [5.74, 6) is -5.64. The molecule has 0 aromatic heterocycles. The molecule has 1 fully saturated rings. The van der Waals surface area contributed by atoms with Crippen molar-refractivity contribution >= 4 is 23.9 Å². The molecule has 4 aliphatic rings. The first kappa shape index (κ1) is 25.9. The number of piperidine rings is 1. The number of aliphatic hydroxyl groups is 2. The number of nitrogens with zero attached hydrogens (tertiary/aromatic N) is 1. The Morgan fingerprint density at radius 1 is 1.21 bits per heavy atom. The predicted octanol–water partition coefficient (Wildman–Crippen LogP) is -0.565. The topological polar surface area (TPSA) is 200 Å².